The summed E-state index contributed by atoms with van der Waals surface area (Å²) in [6.07, 6.45) is 10.3. The standard InChI is InChI=1S/C35H44ClN7O2/c1-40-15-17-42(18-16-40)26-11-13-43(14-12-26)31-10-7-25-21-33(31)45-20-6-4-3-5-19-44-27-8-9-28-29(24-41(2)32(28)22-27)34-30(36)23-37-35(38-25)39-34/h7-10,21-24,26H,3-6,11-20H2,1-2H3,(H,37,38,39). The van der Waals surface area contributed by atoms with E-state index in [1.165, 1.54) is 44.7 Å². The van der Waals surface area contributed by atoms with Crippen molar-refractivity contribution >= 4 is 39.8 Å². The van der Waals surface area contributed by atoms with E-state index in [9.17, 15) is 0 Å². The van der Waals surface area contributed by atoms with Crippen LogP contribution in [0.1, 0.15) is 38.5 Å². The van der Waals surface area contributed by atoms with Gasteiger partial charge in [0.1, 0.15) is 11.5 Å². The Morgan fingerprint density at radius 2 is 1.64 bits per heavy atom. The maximum absolute atomic E-state index is 6.69. The van der Waals surface area contributed by atoms with Crippen LogP contribution in [-0.4, -0.2) is 89.9 Å². The summed E-state index contributed by atoms with van der Waals surface area (Å²) >= 11 is 6.69. The maximum atomic E-state index is 6.69. The molecular weight excluding hydrogens is 586 g/mol. The van der Waals surface area contributed by atoms with Gasteiger partial charge < -0.3 is 29.2 Å². The molecule has 8 bridgehead atoms. The van der Waals surface area contributed by atoms with Crippen molar-refractivity contribution in [2.45, 2.75) is 44.6 Å². The van der Waals surface area contributed by atoms with Crippen LogP contribution in [-0.2, 0) is 7.05 Å². The van der Waals surface area contributed by atoms with Gasteiger partial charge in [-0.3, -0.25) is 4.90 Å². The van der Waals surface area contributed by atoms with E-state index in [1.54, 1.807) is 6.20 Å². The number of nitrogens with one attached hydrogen (secondary N) is 1. The smallest absolute Gasteiger partial charge is 0.227 e. The van der Waals surface area contributed by atoms with Crippen LogP contribution in [0.5, 0.6) is 11.5 Å². The van der Waals surface area contributed by atoms with Gasteiger partial charge in [-0.25, -0.2) is 9.97 Å². The van der Waals surface area contributed by atoms with Crippen LogP contribution in [0.3, 0.4) is 0 Å². The summed E-state index contributed by atoms with van der Waals surface area (Å²) in [6, 6.07) is 13.3. The van der Waals surface area contributed by atoms with E-state index in [-0.39, 0.29) is 0 Å². The van der Waals surface area contributed by atoms with Crippen molar-refractivity contribution in [1.29, 1.82) is 0 Å². The number of halogens is 1. The Hall–Kier alpha value is -3.53. The first-order valence-corrected chi connectivity index (χ1v) is 16.9. The number of aryl methyl sites for hydroxylation is 1. The van der Waals surface area contributed by atoms with E-state index >= 15 is 0 Å². The van der Waals surface area contributed by atoms with Crippen LogP contribution in [0.2, 0.25) is 5.02 Å². The third-order valence-corrected chi connectivity index (χ3v) is 9.88. The number of hydrogen-bond acceptors (Lipinski definition) is 8. The van der Waals surface area contributed by atoms with Gasteiger partial charge in [-0.1, -0.05) is 11.6 Å². The van der Waals surface area contributed by atoms with Crippen LogP contribution in [0.15, 0.2) is 48.8 Å². The predicted octanol–water partition coefficient (Wildman–Crippen LogP) is 6.58. The van der Waals surface area contributed by atoms with Crippen LogP contribution >= 0.6 is 11.6 Å². The molecule has 0 aliphatic carbocycles. The van der Waals surface area contributed by atoms with Crippen molar-refractivity contribution in [3.05, 3.63) is 53.8 Å². The molecule has 4 aromatic rings. The summed E-state index contributed by atoms with van der Waals surface area (Å²) in [5.74, 6) is 2.28. The quantitative estimate of drug-likeness (QED) is 0.267. The molecule has 0 saturated carbocycles. The first-order valence-electron chi connectivity index (χ1n) is 16.5. The molecule has 8 rings (SSSR count). The largest absolute Gasteiger partial charge is 0.494 e. The SMILES string of the molecule is CN1CCN(C2CCN(c3ccc4cc3OCCCCCCOc3ccc5c(cn(C)c5c3)-c3nc(ncc3Cl)N4)CC2)CC1. The van der Waals surface area contributed by atoms with Gasteiger partial charge in [-0.15, -0.1) is 0 Å². The van der Waals surface area contributed by atoms with Crippen molar-refractivity contribution in [1.82, 2.24) is 24.3 Å². The molecule has 0 radical (unpaired) electrons. The van der Waals surface area contributed by atoms with Gasteiger partial charge in [0.15, 0.2) is 0 Å². The minimum atomic E-state index is 0.493. The van der Waals surface area contributed by atoms with Gasteiger partial charge in [0.25, 0.3) is 0 Å². The molecule has 45 heavy (non-hydrogen) atoms. The number of benzene rings is 2. The molecule has 4 aliphatic heterocycles. The summed E-state index contributed by atoms with van der Waals surface area (Å²) < 4.78 is 14.7. The fourth-order valence-electron chi connectivity index (χ4n) is 6.95. The number of anilines is 3. The number of piperazine rings is 1. The number of ether oxygens (including phenoxy) is 2. The van der Waals surface area contributed by atoms with Gasteiger partial charge in [-0.05, 0) is 69.8 Å². The van der Waals surface area contributed by atoms with Crippen molar-refractivity contribution < 1.29 is 9.47 Å². The maximum Gasteiger partial charge on any atom is 0.227 e. The lowest BCUT2D eigenvalue weighted by atomic mass is 10.0. The van der Waals surface area contributed by atoms with Crippen molar-refractivity contribution in [3.63, 3.8) is 0 Å². The van der Waals surface area contributed by atoms with E-state index < -0.39 is 0 Å². The summed E-state index contributed by atoms with van der Waals surface area (Å²) in [5, 5.41) is 5.01. The molecule has 9 nitrogen and oxygen atoms in total. The zero-order valence-corrected chi connectivity index (χ0v) is 27.2. The summed E-state index contributed by atoms with van der Waals surface area (Å²) in [6.45, 7) is 8.15. The zero-order chi connectivity index (χ0) is 30.8. The second-order valence-corrected chi connectivity index (χ2v) is 13.1. The van der Waals surface area contributed by atoms with Crippen molar-refractivity contribution in [3.8, 4) is 22.8 Å². The monoisotopic (exact) mass is 629 g/mol. The Morgan fingerprint density at radius 3 is 2.44 bits per heavy atom. The highest BCUT2D eigenvalue weighted by Gasteiger charge is 2.28. The van der Waals surface area contributed by atoms with Gasteiger partial charge in [-0.2, -0.15) is 0 Å². The third kappa shape index (κ3) is 6.71. The first-order chi connectivity index (χ1) is 22.0. The van der Waals surface area contributed by atoms with Crippen molar-refractivity contribution in [2.24, 2.45) is 7.05 Å². The number of hydrogen-bond donors (Lipinski definition) is 1. The molecule has 1 N–H and O–H groups in total. The fraction of sp³-hybridized carbons (Fsp3) is 0.486. The molecule has 10 heteroatoms. The van der Waals surface area contributed by atoms with E-state index in [2.05, 4.69) is 73.1 Å². The molecule has 2 fully saturated rings. The average molecular weight is 630 g/mol. The lowest BCUT2D eigenvalue weighted by molar-refractivity contribution is 0.0981. The Kier molecular flexibility index (Phi) is 9.01. The van der Waals surface area contributed by atoms with Crippen LogP contribution in [0, 0.1) is 0 Å². The lowest BCUT2D eigenvalue weighted by Crippen LogP contribution is -2.52. The van der Waals surface area contributed by atoms with Crippen LogP contribution in [0.25, 0.3) is 22.2 Å². The summed E-state index contributed by atoms with van der Waals surface area (Å²) in [4.78, 5) is 17.1. The molecule has 2 aromatic heterocycles. The molecule has 6 heterocycles. The molecule has 2 saturated heterocycles. The minimum Gasteiger partial charge on any atom is -0.494 e. The van der Waals surface area contributed by atoms with Gasteiger partial charge in [0, 0.05) is 87.3 Å². The van der Waals surface area contributed by atoms with Gasteiger partial charge in [0.2, 0.25) is 5.95 Å². The topological polar surface area (TPSA) is 70.9 Å². The Morgan fingerprint density at radius 1 is 0.867 bits per heavy atom. The Labute approximate surface area is 271 Å². The second kappa shape index (κ2) is 13.4. The molecule has 238 valence electrons. The third-order valence-electron chi connectivity index (χ3n) is 9.60. The lowest BCUT2D eigenvalue weighted by Gasteiger charge is -2.42. The van der Waals surface area contributed by atoms with E-state index in [1.807, 2.05) is 13.1 Å². The highest BCUT2D eigenvalue weighted by Crippen LogP contribution is 2.37. The zero-order valence-electron chi connectivity index (χ0n) is 26.5. The molecule has 0 unspecified atom stereocenters. The Balaban J connectivity index is 1.15. The number of rotatable bonds is 2. The number of aromatic nitrogens is 3. The molecule has 4 aliphatic rings. The summed E-state index contributed by atoms with van der Waals surface area (Å²) in [7, 11) is 4.26. The first kappa shape index (κ1) is 30.1. The molecule has 2 aromatic carbocycles. The summed E-state index contributed by atoms with van der Waals surface area (Å²) in [5.41, 5.74) is 4.79. The van der Waals surface area contributed by atoms with E-state index in [4.69, 9.17) is 26.1 Å². The molecular formula is C35H44ClN7O2. The second-order valence-electron chi connectivity index (χ2n) is 12.7. The van der Waals surface area contributed by atoms with Crippen molar-refractivity contribution in [2.75, 3.05) is 69.7 Å². The van der Waals surface area contributed by atoms with Crippen LogP contribution < -0.4 is 19.7 Å². The van der Waals surface area contributed by atoms with E-state index in [0.717, 1.165) is 72.4 Å². The predicted molar refractivity (Wildman–Crippen MR) is 182 cm³/mol. The van der Waals surface area contributed by atoms with E-state index in [0.29, 0.717) is 35.9 Å². The van der Waals surface area contributed by atoms with Gasteiger partial charge >= 0.3 is 0 Å². The molecule has 0 spiro atoms. The highest BCUT2D eigenvalue weighted by molar-refractivity contribution is 6.33. The van der Waals surface area contributed by atoms with Gasteiger partial charge in [0.05, 0.1) is 41.3 Å². The number of likely N-dealkylation sites (N-methyl/N-ethyl adjacent to an activating group) is 1. The highest BCUT2D eigenvalue weighted by atomic mass is 35.5. The minimum absolute atomic E-state index is 0.493. The van der Waals surface area contributed by atoms with Crippen LogP contribution in [0.4, 0.5) is 17.3 Å². The number of fused-ring (bicyclic) bond motifs is 8. The number of piperidine rings is 1. The normalized spacial score (nSPS) is 19.3. The number of nitrogens with zero attached hydrogens (tertiary/aromatic N) is 6. The fourth-order valence-corrected chi connectivity index (χ4v) is 7.14. The molecule has 0 atom stereocenters. The molecule has 0 amide bonds. The average Bonchev–Trinajstić information content (AvgIpc) is 3.38. The Bertz CT molecular complexity index is 1630.